The third kappa shape index (κ3) is 6.81. The lowest BCUT2D eigenvalue weighted by Crippen LogP contribution is -2.22. The lowest BCUT2D eigenvalue weighted by Gasteiger charge is -2.19. The molecule has 0 aromatic heterocycles. The summed E-state index contributed by atoms with van der Waals surface area (Å²) in [6.45, 7) is 7.04. The van der Waals surface area contributed by atoms with Crippen LogP contribution in [-0.2, 0) is 9.53 Å². The summed E-state index contributed by atoms with van der Waals surface area (Å²) in [5.41, 5.74) is 2.91. The standard InChI is InChI=1S/C28H25NO5/c1-4-27(30)33-20(3)17-19(2)32-25-15-11-24(12-16-25)28(31)34-26-13-9-23(10-14-26)22-7-5-21(18-29)6-8-22/h4-16,19-20H,1,17H2,2-3H3. The zero-order valence-corrected chi connectivity index (χ0v) is 19.1. The minimum absolute atomic E-state index is 0.194. The molecule has 2 atom stereocenters. The quantitative estimate of drug-likeness (QED) is 0.233. The van der Waals surface area contributed by atoms with Gasteiger partial charge in [0.05, 0.1) is 23.3 Å². The SMILES string of the molecule is C=CC(=O)OC(C)CC(C)Oc1ccc(C(=O)Oc2ccc(-c3ccc(C#N)cc3)cc2)cc1. The molecular formula is C28H25NO5. The van der Waals surface area contributed by atoms with Crippen LogP contribution in [0.25, 0.3) is 11.1 Å². The molecule has 0 aliphatic carbocycles. The molecule has 6 nitrogen and oxygen atoms in total. The molecule has 0 N–H and O–H groups in total. The molecule has 6 heteroatoms. The number of nitriles is 1. The van der Waals surface area contributed by atoms with Crippen LogP contribution in [0.5, 0.6) is 11.5 Å². The predicted octanol–water partition coefficient (Wildman–Crippen LogP) is 5.72. The van der Waals surface area contributed by atoms with Gasteiger partial charge >= 0.3 is 11.9 Å². The molecule has 0 amide bonds. The molecule has 3 aromatic rings. The molecule has 0 fully saturated rings. The van der Waals surface area contributed by atoms with Crippen LogP contribution >= 0.6 is 0 Å². The van der Waals surface area contributed by atoms with E-state index in [1.54, 1.807) is 55.5 Å². The Morgan fingerprint density at radius 2 is 1.44 bits per heavy atom. The summed E-state index contributed by atoms with van der Waals surface area (Å²) in [5.74, 6) is 0.0830. The van der Waals surface area contributed by atoms with Crippen molar-refractivity contribution in [3.05, 3.63) is 96.6 Å². The lowest BCUT2D eigenvalue weighted by molar-refractivity contribution is -0.143. The Bertz CT molecular complexity index is 1180. The van der Waals surface area contributed by atoms with Crippen LogP contribution in [0.3, 0.4) is 0 Å². The maximum Gasteiger partial charge on any atom is 0.343 e. The molecule has 0 radical (unpaired) electrons. The van der Waals surface area contributed by atoms with E-state index in [1.165, 1.54) is 0 Å². The number of rotatable bonds is 9. The van der Waals surface area contributed by atoms with Gasteiger partial charge in [0, 0.05) is 12.5 Å². The highest BCUT2D eigenvalue weighted by Gasteiger charge is 2.14. The molecule has 0 heterocycles. The molecule has 0 aliphatic heterocycles. The van der Waals surface area contributed by atoms with Crippen LogP contribution in [0, 0.1) is 11.3 Å². The summed E-state index contributed by atoms with van der Waals surface area (Å²) in [7, 11) is 0. The van der Waals surface area contributed by atoms with Crippen molar-refractivity contribution in [1.82, 2.24) is 0 Å². The average Bonchev–Trinajstić information content (AvgIpc) is 2.84. The molecule has 0 saturated heterocycles. The van der Waals surface area contributed by atoms with Crippen LogP contribution in [0.15, 0.2) is 85.5 Å². The summed E-state index contributed by atoms with van der Waals surface area (Å²) >= 11 is 0. The zero-order chi connectivity index (χ0) is 24.5. The Balaban J connectivity index is 1.54. The summed E-state index contributed by atoms with van der Waals surface area (Å²) in [6.07, 6.45) is 1.14. The first-order chi connectivity index (χ1) is 16.4. The Kier molecular flexibility index (Phi) is 8.20. The second-order valence-corrected chi connectivity index (χ2v) is 7.74. The topological polar surface area (TPSA) is 85.6 Å². The van der Waals surface area contributed by atoms with E-state index >= 15 is 0 Å². The smallest absolute Gasteiger partial charge is 0.343 e. The Hall–Kier alpha value is -4.37. The third-order valence-corrected chi connectivity index (χ3v) is 4.99. The van der Waals surface area contributed by atoms with Gasteiger partial charge in [0.1, 0.15) is 17.6 Å². The summed E-state index contributed by atoms with van der Waals surface area (Å²) < 4.78 is 16.5. The normalized spacial score (nSPS) is 12.0. The van der Waals surface area contributed by atoms with Gasteiger partial charge in [-0.2, -0.15) is 5.26 Å². The molecule has 34 heavy (non-hydrogen) atoms. The number of esters is 2. The first kappa shape index (κ1) is 24.3. The van der Waals surface area contributed by atoms with Gasteiger partial charge in [-0.25, -0.2) is 9.59 Å². The fourth-order valence-corrected chi connectivity index (χ4v) is 3.33. The van der Waals surface area contributed by atoms with Crippen LogP contribution < -0.4 is 9.47 Å². The van der Waals surface area contributed by atoms with Crippen molar-refractivity contribution in [1.29, 1.82) is 5.26 Å². The van der Waals surface area contributed by atoms with Crippen molar-refractivity contribution in [3.63, 3.8) is 0 Å². The van der Waals surface area contributed by atoms with Gasteiger partial charge in [0.15, 0.2) is 0 Å². The van der Waals surface area contributed by atoms with Gasteiger partial charge < -0.3 is 14.2 Å². The van der Waals surface area contributed by atoms with E-state index in [-0.39, 0.29) is 12.2 Å². The summed E-state index contributed by atoms with van der Waals surface area (Å²) in [4.78, 5) is 23.8. The second-order valence-electron chi connectivity index (χ2n) is 7.74. The van der Waals surface area contributed by atoms with Crippen LogP contribution in [0.1, 0.15) is 36.2 Å². The number of carbonyl (C=O) groups excluding carboxylic acids is 2. The van der Waals surface area contributed by atoms with Gasteiger partial charge in [0.25, 0.3) is 0 Å². The molecule has 3 rings (SSSR count). The summed E-state index contributed by atoms with van der Waals surface area (Å²) in [6, 6.07) is 23.2. The van der Waals surface area contributed by atoms with E-state index in [2.05, 4.69) is 12.6 Å². The molecule has 2 unspecified atom stereocenters. The highest BCUT2D eigenvalue weighted by Crippen LogP contribution is 2.24. The number of benzene rings is 3. The fourth-order valence-electron chi connectivity index (χ4n) is 3.33. The van der Waals surface area contributed by atoms with E-state index in [4.69, 9.17) is 19.5 Å². The molecule has 0 aliphatic rings. The maximum atomic E-state index is 12.5. The van der Waals surface area contributed by atoms with Crippen molar-refractivity contribution < 1.29 is 23.8 Å². The second kappa shape index (κ2) is 11.5. The van der Waals surface area contributed by atoms with E-state index in [1.807, 2.05) is 31.2 Å². The lowest BCUT2D eigenvalue weighted by atomic mass is 10.0. The predicted molar refractivity (Wildman–Crippen MR) is 128 cm³/mol. The first-order valence-corrected chi connectivity index (χ1v) is 10.8. The highest BCUT2D eigenvalue weighted by molar-refractivity contribution is 5.91. The molecule has 0 saturated carbocycles. The number of ether oxygens (including phenoxy) is 3. The zero-order valence-electron chi connectivity index (χ0n) is 19.1. The molecule has 3 aromatic carbocycles. The first-order valence-electron chi connectivity index (χ1n) is 10.8. The molecule has 172 valence electrons. The minimum atomic E-state index is -0.476. The van der Waals surface area contributed by atoms with E-state index in [9.17, 15) is 9.59 Å². The summed E-state index contributed by atoms with van der Waals surface area (Å²) in [5, 5.41) is 8.91. The van der Waals surface area contributed by atoms with Gasteiger partial charge in [-0.1, -0.05) is 30.8 Å². The molecular weight excluding hydrogens is 430 g/mol. The highest BCUT2D eigenvalue weighted by atomic mass is 16.5. The van der Waals surface area contributed by atoms with E-state index in [0.717, 1.165) is 17.2 Å². The maximum absolute atomic E-state index is 12.5. The number of hydrogen-bond acceptors (Lipinski definition) is 6. The van der Waals surface area contributed by atoms with Gasteiger partial charge in [-0.15, -0.1) is 0 Å². The number of hydrogen-bond donors (Lipinski definition) is 0. The Labute approximate surface area is 199 Å². The fraction of sp³-hybridized carbons (Fsp3) is 0.179. The van der Waals surface area contributed by atoms with E-state index in [0.29, 0.717) is 29.0 Å². The van der Waals surface area contributed by atoms with Crippen molar-refractivity contribution >= 4 is 11.9 Å². The van der Waals surface area contributed by atoms with Crippen molar-refractivity contribution in [2.24, 2.45) is 0 Å². The van der Waals surface area contributed by atoms with Gasteiger partial charge in [-0.05, 0) is 73.5 Å². The minimum Gasteiger partial charge on any atom is -0.491 e. The van der Waals surface area contributed by atoms with Crippen molar-refractivity contribution in [3.8, 4) is 28.7 Å². The molecule has 0 bridgehead atoms. The number of carbonyl (C=O) groups is 2. The van der Waals surface area contributed by atoms with Gasteiger partial charge in [-0.3, -0.25) is 0 Å². The molecule has 0 spiro atoms. The van der Waals surface area contributed by atoms with Gasteiger partial charge in [0.2, 0.25) is 0 Å². The largest absolute Gasteiger partial charge is 0.491 e. The van der Waals surface area contributed by atoms with Crippen LogP contribution in [0.4, 0.5) is 0 Å². The average molecular weight is 456 g/mol. The van der Waals surface area contributed by atoms with E-state index < -0.39 is 11.9 Å². The Morgan fingerprint density at radius 1 is 0.882 bits per heavy atom. The van der Waals surface area contributed by atoms with Crippen molar-refractivity contribution in [2.75, 3.05) is 0 Å². The van der Waals surface area contributed by atoms with Crippen LogP contribution in [-0.4, -0.2) is 24.1 Å². The monoisotopic (exact) mass is 455 g/mol. The number of nitrogens with zero attached hydrogens (tertiary/aromatic N) is 1. The van der Waals surface area contributed by atoms with Crippen LogP contribution in [0.2, 0.25) is 0 Å². The third-order valence-electron chi connectivity index (χ3n) is 4.99. The van der Waals surface area contributed by atoms with Crippen molar-refractivity contribution in [2.45, 2.75) is 32.5 Å². The Morgan fingerprint density at radius 3 is 2.00 bits per heavy atom.